The highest BCUT2D eigenvalue weighted by molar-refractivity contribution is 14.0. The molecule has 0 aliphatic carbocycles. The number of nitrogens with zero attached hydrogens (tertiary/aromatic N) is 1. The monoisotopic (exact) mass is 405 g/mol. The smallest absolute Gasteiger partial charge is 0.191 e. The first-order valence-electron chi connectivity index (χ1n) is 7.50. The number of unbranched alkanes of at least 4 members (excludes halogenated alkanes) is 1. The van der Waals surface area contributed by atoms with Gasteiger partial charge in [0.25, 0.3) is 0 Å². The fourth-order valence-corrected chi connectivity index (χ4v) is 1.69. The van der Waals surface area contributed by atoms with Crippen molar-refractivity contribution < 1.29 is 4.74 Å². The van der Waals surface area contributed by atoms with Crippen LogP contribution in [-0.4, -0.2) is 32.3 Å². The second-order valence-corrected chi connectivity index (χ2v) is 4.57. The first-order chi connectivity index (χ1) is 9.86. The summed E-state index contributed by atoms with van der Waals surface area (Å²) in [5, 5.41) is 6.52. The van der Waals surface area contributed by atoms with E-state index >= 15 is 0 Å². The normalized spacial score (nSPS) is 10.9. The Bertz CT molecular complexity index is 371. The van der Waals surface area contributed by atoms with Crippen LogP contribution in [0.5, 0.6) is 0 Å². The molecule has 120 valence electrons. The number of benzene rings is 1. The van der Waals surface area contributed by atoms with Crippen LogP contribution in [0.1, 0.15) is 32.3 Å². The molecule has 0 amide bonds. The van der Waals surface area contributed by atoms with Gasteiger partial charge in [0, 0.05) is 19.7 Å². The third-order valence-electron chi connectivity index (χ3n) is 2.79. The molecule has 2 N–H and O–H groups in total. The lowest BCUT2D eigenvalue weighted by Crippen LogP contribution is -2.39. The largest absolute Gasteiger partial charge is 0.380 e. The summed E-state index contributed by atoms with van der Waals surface area (Å²) in [6.07, 6.45) is 2.30. The van der Waals surface area contributed by atoms with E-state index in [9.17, 15) is 0 Å². The summed E-state index contributed by atoms with van der Waals surface area (Å²) in [7, 11) is 0. The first kappa shape index (κ1) is 20.2. The fraction of sp³-hybridized carbons (Fsp3) is 0.562. The molecule has 0 radical (unpaired) electrons. The molecule has 0 aliphatic heterocycles. The number of guanidine groups is 1. The Labute approximate surface area is 145 Å². The van der Waals surface area contributed by atoms with Gasteiger partial charge in [0.15, 0.2) is 5.96 Å². The van der Waals surface area contributed by atoms with E-state index in [0.29, 0.717) is 6.54 Å². The second-order valence-electron chi connectivity index (χ2n) is 4.57. The molecule has 0 atom stereocenters. The Kier molecular flexibility index (Phi) is 13.6. The van der Waals surface area contributed by atoms with Crippen LogP contribution >= 0.6 is 24.0 Å². The lowest BCUT2D eigenvalue weighted by Gasteiger charge is -2.11. The van der Waals surface area contributed by atoms with Gasteiger partial charge >= 0.3 is 0 Å². The topological polar surface area (TPSA) is 45.6 Å². The minimum absolute atomic E-state index is 0. The van der Waals surface area contributed by atoms with Gasteiger partial charge in [0.05, 0.1) is 13.2 Å². The molecule has 1 aromatic carbocycles. The zero-order valence-corrected chi connectivity index (χ0v) is 15.4. The summed E-state index contributed by atoms with van der Waals surface area (Å²) >= 11 is 0. The molecule has 4 nitrogen and oxygen atoms in total. The van der Waals surface area contributed by atoms with Crippen LogP contribution in [0, 0.1) is 0 Å². The molecule has 0 unspecified atom stereocenters. The van der Waals surface area contributed by atoms with Crippen LogP contribution in [0.2, 0.25) is 0 Å². The molecule has 0 heterocycles. The average molecular weight is 405 g/mol. The molecule has 1 aromatic rings. The first-order valence-corrected chi connectivity index (χ1v) is 7.50. The van der Waals surface area contributed by atoms with Crippen LogP contribution < -0.4 is 10.6 Å². The molecule has 0 aliphatic rings. The maximum absolute atomic E-state index is 5.52. The Morgan fingerprint density at radius 3 is 2.52 bits per heavy atom. The molecule has 0 saturated carbocycles. The summed E-state index contributed by atoms with van der Waals surface area (Å²) in [5.41, 5.74) is 1.21. The standard InChI is InChI=1S/C16H27N3O.HI/c1-3-5-12-20-13-11-18-16(17-4-2)19-14-15-9-7-6-8-10-15;/h6-10H,3-5,11-14H2,1-2H3,(H2,17,18,19);1H. The van der Waals surface area contributed by atoms with E-state index in [1.807, 2.05) is 18.2 Å². The van der Waals surface area contributed by atoms with Crippen molar-refractivity contribution >= 4 is 29.9 Å². The highest BCUT2D eigenvalue weighted by Gasteiger charge is 1.97. The predicted octanol–water partition coefficient (Wildman–Crippen LogP) is 3.18. The molecule has 0 bridgehead atoms. The Morgan fingerprint density at radius 1 is 1.10 bits per heavy atom. The molecule has 1 rings (SSSR count). The van der Waals surface area contributed by atoms with Crippen molar-refractivity contribution in [3.8, 4) is 0 Å². The van der Waals surface area contributed by atoms with E-state index in [1.54, 1.807) is 0 Å². The minimum atomic E-state index is 0. The van der Waals surface area contributed by atoms with Gasteiger partial charge < -0.3 is 15.4 Å². The van der Waals surface area contributed by atoms with Crippen molar-refractivity contribution in [2.45, 2.75) is 33.2 Å². The molecular weight excluding hydrogens is 377 g/mol. The van der Waals surface area contributed by atoms with Gasteiger partial charge in [-0.1, -0.05) is 43.7 Å². The van der Waals surface area contributed by atoms with Crippen molar-refractivity contribution in [2.24, 2.45) is 4.99 Å². The van der Waals surface area contributed by atoms with Gasteiger partial charge in [-0.15, -0.1) is 24.0 Å². The van der Waals surface area contributed by atoms with E-state index in [2.05, 4.69) is 41.6 Å². The lowest BCUT2D eigenvalue weighted by atomic mass is 10.2. The number of aliphatic imine (C=N–C) groups is 1. The van der Waals surface area contributed by atoms with Crippen molar-refractivity contribution in [1.29, 1.82) is 0 Å². The zero-order chi connectivity index (χ0) is 14.5. The molecule has 5 heteroatoms. The van der Waals surface area contributed by atoms with E-state index in [1.165, 1.54) is 12.0 Å². The quantitative estimate of drug-likeness (QED) is 0.287. The van der Waals surface area contributed by atoms with Gasteiger partial charge in [0.1, 0.15) is 0 Å². The number of rotatable bonds is 9. The fourth-order valence-electron chi connectivity index (χ4n) is 1.69. The number of nitrogens with one attached hydrogen (secondary N) is 2. The van der Waals surface area contributed by atoms with Crippen molar-refractivity contribution in [2.75, 3.05) is 26.3 Å². The predicted molar refractivity (Wildman–Crippen MR) is 100 cm³/mol. The van der Waals surface area contributed by atoms with E-state index in [-0.39, 0.29) is 24.0 Å². The van der Waals surface area contributed by atoms with Gasteiger partial charge in [-0.3, -0.25) is 0 Å². The summed E-state index contributed by atoms with van der Waals surface area (Å²) < 4.78 is 5.52. The Balaban J connectivity index is 0.00000400. The number of halogens is 1. The van der Waals surface area contributed by atoms with Gasteiger partial charge in [-0.2, -0.15) is 0 Å². The Hall–Kier alpha value is -0.820. The van der Waals surface area contributed by atoms with E-state index < -0.39 is 0 Å². The molecular formula is C16H28IN3O. The van der Waals surface area contributed by atoms with Gasteiger partial charge in [-0.05, 0) is 18.9 Å². The number of hydrogen-bond donors (Lipinski definition) is 2. The molecule has 0 spiro atoms. The molecule has 21 heavy (non-hydrogen) atoms. The third-order valence-corrected chi connectivity index (χ3v) is 2.79. The van der Waals surface area contributed by atoms with Crippen LogP contribution in [-0.2, 0) is 11.3 Å². The van der Waals surface area contributed by atoms with Crippen LogP contribution in [0.3, 0.4) is 0 Å². The van der Waals surface area contributed by atoms with E-state index in [0.717, 1.165) is 38.7 Å². The third kappa shape index (κ3) is 10.5. The van der Waals surface area contributed by atoms with Crippen LogP contribution in [0.4, 0.5) is 0 Å². The minimum Gasteiger partial charge on any atom is -0.380 e. The van der Waals surface area contributed by atoms with Crippen molar-refractivity contribution in [3.05, 3.63) is 35.9 Å². The summed E-state index contributed by atoms with van der Waals surface area (Å²) in [6, 6.07) is 10.3. The van der Waals surface area contributed by atoms with Crippen LogP contribution in [0.15, 0.2) is 35.3 Å². The van der Waals surface area contributed by atoms with Crippen molar-refractivity contribution in [3.63, 3.8) is 0 Å². The lowest BCUT2D eigenvalue weighted by molar-refractivity contribution is 0.136. The zero-order valence-electron chi connectivity index (χ0n) is 13.1. The molecule has 0 fully saturated rings. The SMILES string of the molecule is CCCCOCCNC(=NCc1ccccc1)NCC.I. The second kappa shape index (κ2) is 14.1. The van der Waals surface area contributed by atoms with Gasteiger partial charge in [0.2, 0.25) is 0 Å². The van der Waals surface area contributed by atoms with E-state index in [4.69, 9.17) is 4.74 Å². The Morgan fingerprint density at radius 2 is 1.86 bits per heavy atom. The summed E-state index contributed by atoms with van der Waals surface area (Å²) in [5.74, 6) is 0.843. The maximum Gasteiger partial charge on any atom is 0.191 e. The van der Waals surface area contributed by atoms with Crippen LogP contribution in [0.25, 0.3) is 0 Å². The average Bonchev–Trinajstić information content (AvgIpc) is 2.49. The molecule has 0 aromatic heterocycles. The van der Waals surface area contributed by atoms with Crippen molar-refractivity contribution in [1.82, 2.24) is 10.6 Å². The summed E-state index contributed by atoms with van der Waals surface area (Å²) in [4.78, 5) is 4.56. The van der Waals surface area contributed by atoms with Gasteiger partial charge in [-0.25, -0.2) is 4.99 Å². The number of ether oxygens (including phenoxy) is 1. The highest BCUT2D eigenvalue weighted by Crippen LogP contribution is 1.99. The maximum atomic E-state index is 5.52. The summed E-state index contributed by atoms with van der Waals surface area (Å²) in [6.45, 7) is 8.12. The molecule has 0 saturated heterocycles. The highest BCUT2D eigenvalue weighted by atomic mass is 127. The number of hydrogen-bond acceptors (Lipinski definition) is 2.